The van der Waals surface area contributed by atoms with Crippen LogP contribution in [0.2, 0.25) is 0 Å². The largest absolute Gasteiger partial charge is 0.265 e. The van der Waals surface area contributed by atoms with Gasteiger partial charge in [0.1, 0.15) is 0 Å². The van der Waals surface area contributed by atoms with Crippen molar-refractivity contribution in [1.82, 2.24) is 0 Å². The standard InChI is InChI=1S/C7H11N/c1-3-7-4-6(2)5-8-7/h4-6H,3H2,1-2H3. The van der Waals surface area contributed by atoms with Crippen molar-refractivity contribution in [3.8, 4) is 0 Å². The molecule has 1 atom stereocenters. The second-order valence-corrected chi connectivity index (χ2v) is 2.15. The van der Waals surface area contributed by atoms with Crippen LogP contribution in [0.5, 0.6) is 0 Å². The van der Waals surface area contributed by atoms with Gasteiger partial charge in [-0.2, -0.15) is 0 Å². The van der Waals surface area contributed by atoms with Crippen molar-refractivity contribution >= 4 is 6.21 Å². The van der Waals surface area contributed by atoms with E-state index in [0.717, 1.165) is 6.42 Å². The summed E-state index contributed by atoms with van der Waals surface area (Å²) in [5, 5.41) is 0. The van der Waals surface area contributed by atoms with Gasteiger partial charge in [-0.25, -0.2) is 0 Å². The molecule has 1 unspecified atom stereocenters. The maximum atomic E-state index is 4.17. The minimum atomic E-state index is 0.574. The molecule has 44 valence electrons. The van der Waals surface area contributed by atoms with Crippen molar-refractivity contribution in [2.24, 2.45) is 10.9 Å². The van der Waals surface area contributed by atoms with E-state index >= 15 is 0 Å². The molecule has 0 fully saturated rings. The van der Waals surface area contributed by atoms with Gasteiger partial charge in [-0.1, -0.05) is 19.9 Å². The van der Waals surface area contributed by atoms with Crippen molar-refractivity contribution in [3.05, 3.63) is 11.8 Å². The predicted octanol–water partition coefficient (Wildman–Crippen LogP) is 2.00. The number of rotatable bonds is 1. The van der Waals surface area contributed by atoms with Gasteiger partial charge in [0.15, 0.2) is 0 Å². The van der Waals surface area contributed by atoms with E-state index in [4.69, 9.17) is 0 Å². The van der Waals surface area contributed by atoms with E-state index in [2.05, 4.69) is 24.9 Å². The van der Waals surface area contributed by atoms with E-state index < -0.39 is 0 Å². The molecule has 0 saturated heterocycles. The highest BCUT2D eigenvalue weighted by Gasteiger charge is 2.01. The van der Waals surface area contributed by atoms with Crippen molar-refractivity contribution < 1.29 is 0 Å². The van der Waals surface area contributed by atoms with Crippen LogP contribution in [0.25, 0.3) is 0 Å². The summed E-state index contributed by atoms with van der Waals surface area (Å²) in [6, 6.07) is 0. The average molecular weight is 109 g/mol. The summed E-state index contributed by atoms with van der Waals surface area (Å²) < 4.78 is 0. The van der Waals surface area contributed by atoms with Crippen LogP contribution in [-0.2, 0) is 0 Å². The Kier molecular flexibility index (Phi) is 1.47. The third kappa shape index (κ3) is 0.971. The fourth-order valence-electron chi connectivity index (χ4n) is 0.812. The van der Waals surface area contributed by atoms with E-state index in [1.807, 2.05) is 6.21 Å². The number of hydrogen-bond acceptors (Lipinski definition) is 1. The molecule has 1 aliphatic rings. The topological polar surface area (TPSA) is 12.4 Å². The zero-order valence-electron chi connectivity index (χ0n) is 5.39. The highest BCUT2D eigenvalue weighted by molar-refractivity contribution is 5.67. The van der Waals surface area contributed by atoms with Gasteiger partial charge in [0.2, 0.25) is 0 Å². The molecule has 0 bridgehead atoms. The van der Waals surface area contributed by atoms with Crippen molar-refractivity contribution in [2.75, 3.05) is 0 Å². The highest BCUT2D eigenvalue weighted by Crippen LogP contribution is 2.12. The third-order valence-electron chi connectivity index (χ3n) is 1.29. The second-order valence-electron chi connectivity index (χ2n) is 2.15. The van der Waals surface area contributed by atoms with E-state index in [9.17, 15) is 0 Å². The summed E-state index contributed by atoms with van der Waals surface area (Å²) in [6.07, 6.45) is 5.25. The maximum Gasteiger partial charge on any atom is 0.0363 e. The molecule has 1 rings (SSSR count). The Morgan fingerprint density at radius 3 is 2.75 bits per heavy atom. The summed E-state index contributed by atoms with van der Waals surface area (Å²) in [5.74, 6) is 0.574. The molecule has 0 radical (unpaired) electrons. The fraction of sp³-hybridized carbons (Fsp3) is 0.571. The summed E-state index contributed by atoms with van der Waals surface area (Å²) in [6.45, 7) is 4.27. The smallest absolute Gasteiger partial charge is 0.0363 e. The molecule has 1 heteroatoms. The summed E-state index contributed by atoms with van der Waals surface area (Å²) in [7, 11) is 0. The van der Waals surface area contributed by atoms with Crippen molar-refractivity contribution in [3.63, 3.8) is 0 Å². The molecule has 0 aromatic rings. The lowest BCUT2D eigenvalue weighted by Crippen LogP contribution is -1.81. The minimum Gasteiger partial charge on any atom is -0.265 e. The molecule has 1 heterocycles. The molecule has 0 saturated carbocycles. The molecule has 0 spiro atoms. The Bertz CT molecular complexity index is 133. The third-order valence-corrected chi connectivity index (χ3v) is 1.29. The van der Waals surface area contributed by atoms with E-state index in [-0.39, 0.29) is 0 Å². The number of allylic oxidation sites excluding steroid dienone is 2. The minimum absolute atomic E-state index is 0.574. The maximum absolute atomic E-state index is 4.17. The Labute approximate surface area is 50.1 Å². The van der Waals surface area contributed by atoms with Crippen LogP contribution < -0.4 is 0 Å². The summed E-state index contributed by atoms with van der Waals surface area (Å²) >= 11 is 0. The molecule has 0 aliphatic carbocycles. The molecule has 0 amide bonds. The Morgan fingerprint density at radius 1 is 1.75 bits per heavy atom. The quantitative estimate of drug-likeness (QED) is 0.488. The fourth-order valence-corrected chi connectivity index (χ4v) is 0.812. The van der Waals surface area contributed by atoms with Crippen LogP contribution in [0.15, 0.2) is 16.8 Å². The van der Waals surface area contributed by atoms with E-state index in [0.29, 0.717) is 5.92 Å². The van der Waals surface area contributed by atoms with Crippen LogP contribution in [0, 0.1) is 5.92 Å². The monoisotopic (exact) mass is 109 g/mol. The van der Waals surface area contributed by atoms with E-state index in [1.165, 1.54) is 5.70 Å². The van der Waals surface area contributed by atoms with Crippen LogP contribution in [0.3, 0.4) is 0 Å². The summed E-state index contributed by atoms with van der Waals surface area (Å²) in [5.41, 5.74) is 1.23. The van der Waals surface area contributed by atoms with Crippen LogP contribution in [0.1, 0.15) is 20.3 Å². The van der Waals surface area contributed by atoms with Crippen molar-refractivity contribution in [1.29, 1.82) is 0 Å². The lowest BCUT2D eigenvalue weighted by atomic mass is 10.2. The number of nitrogens with zero attached hydrogens (tertiary/aromatic N) is 1. The van der Waals surface area contributed by atoms with Gasteiger partial charge in [-0.3, -0.25) is 4.99 Å². The molecule has 8 heavy (non-hydrogen) atoms. The second kappa shape index (κ2) is 2.12. The first-order valence-corrected chi connectivity index (χ1v) is 3.08. The SMILES string of the molecule is CCC1=CC(C)C=N1. The van der Waals surface area contributed by atoms with Gasteiger partial charge in [-0.05, 0) is 6.42 Å². The molecule has 0 aromatic carbocycles. The molecule has 1 aliphatic heterocycles. The average Bonchev–Trinajstić information content (AvgIpc) is 2.14. The number of hydrogen-bond donors (Lipinski definition) is 0. The van der Waals surface area contributed by atoms with E-state index in [1.54, 1.807) is 0 Å². The van der Waals surface area contributed by atoms with Gasteiger partial charge in [0, 0.05) is 17.8 Å². The normalized spacial score (nSPS) is 26.2. The van der Waals surface area contributed by atoms with Crippen LogP contribution in [-0.4, -0.2) is 6.21 Å². The van der Waals surface area contributed by atoms with Gasteiger partial charge in [0.25, 0.3) is 0 Å². The summed E-state index contributed by atoms with van der Waals surface area (Å²) in [4.78, 5) is 4.17. The van der Waals surface area contributed by atoms with Gasteiger partial charge >= 0.3 is 0 Å². The molecule has 0 N–H and O–H groups in total. The zero-order chi connectivity index (χ0) is 5.98. The number of aliphatic imine (C=N–C) groups is 1. The molecular weight excluding hydrogens is 98.1 g/mol. The van der Waals surface area contributed by atoms with Gasteiger partial charge in [0.05, 0.1) is 0 Å². The highest BCUT2D eigenvalue weighted by atomic mass is 14.8. The van der Waals surface area contributed by atoms with Gasteiger partial charge < -0.3 is 0 Å². The zero-order valence-corrected chi connectivity index (χ0v) is 5.39. The lowest BCUT2D eigenvalue weighted by molar-refractivity contribution is 1.02. The lowest BCUT2D eigenvalue weighted by Gasteiger charge is -1.86. The Hall–Kier alpha value is -0.590. The first-order chi connectivity index (χ1) is 3.83. The molecule has 1 nitrogen and oxygen atoms in total. The Balaban J connectivity index is 2.58. The van der Waals surface area contributed by atoms with Gasteiger partial charge in [-0.15, -0.1) is 0 Å². The van der Waals surface area contributed by atoms with Crippen LogP contribution >= 0.6 is 0 Å². The first kappa shape index (κ1) is 5.54. The Morgan fingerprint density at radius 2 is 2.50 bits per heavy atom. The van der Waals surface area contributed by atoms with Crippen LogP contribution in [0.4, 0.5) is 0 Å². The first-order valence-electron chi connectivity index (χ1n) is 3.08. The predicted molar refractivity (Wildman–Crippen MR) is 36.0 cm³/mol. The van der Waals surface area contributed by atoms with Crippen molar-refractivity contribution in [2.45, 2.75) is 20.3 Å². The molecule has 0 aromatic heterocycles. The molecular formula is C7H11N.